The molecule has 2 saturated heterocycles. The summed E-state index contributed by atoms with van der Waals surface area (Å²) in [6.45, 7) is 10.3. The van der Waals surface area contributed by atoms with E-state index in [1.54, 1.807) is 0 Å². The van der Waals surface area contributed by atoms with Crippen LogP contribution >= 0.6 is 24.0 Å². The Morgan fingerprint density at radius 3 is 2.50 bits per heavy atom. The first-order chi connectivity index (χ1) is 12.3. The van der Waals surface area contributed by atoms with E-state index in [0.717, 1.165) is 51.7 Å². The molecular formula is C18H38IN5O2. The van der Waals surface area contributed by atoms with Crippen molar-refractivity contribution in [1.82, 2.24) is 20.4 Å². The van der Waals surface area contributed by atoms with Gasteiger partial charge in [-0.3, -0.25) is 4.99 Å². The largest absolute Gasteiger partial charge is 0.379 e. The molecule has 0 amide bonds. The number of hydrogen-bond acceptors (Lipinski definition) is 5. The summed E-state index contributed by atoms with van der Waals surface area (Å²) in [5, 5.41) is 6.75. The third kappa shape index (κ3) is 10.2. The minimum atomic E-state index is 0. The Balaban J connectivity index is 0.00000338. The molecule has 0 bridgehead atoms. The van der Waals surface area contributed by atoms with E-state index in [0.29, 0.717) is 6.10 Å². The third-order valence-corrected chi connectivity index (χ3v) is 4.87. The number of likely N-dealkylation sites (N-methyl/N-ethyl adjacent to an activating group) is 1. The SMILES string of the molecule is CN=C(NCCCCN1CCN(C)CC1)NCCCOC1CCOC1.I. The second kappa shape index (κ2) is 14.8. The van der Waals surface area contributed by atoms with Crippen LogP contribution in [-0.4, -0.2) is 102 Å². The van der Waals surface area contributed by atoms with Crippen molar-refractivity contribution in [2.24, 2.45) is 4.99 Å². The van der Waals surface area contributed by atoms with E-state index in [-0.39, 0.29) is 24.0 Å². The van der Waals surface area contributed by atoms with Crippen molar-refractivity contribution in [2.75, 3.05) is 79.7 Å². The van der Waals surface area contributed by atoms with Crippen molar-refractivity contribution in [3.05, 3.63) is 0 Å². The van der Waals surface area contributed by atoms with E-state index in [2.05, 4.69) is 32.5 Å². The van der Waals surface area contributed by atoms with Crippen LogP contribution in [0, 0.1) is 0 Å². The van der Waals surface area contributed by atoms with E-state index < -0.39 is 0 Å². The topological polar surface area (TPSA) is 61.4 Å². The molecule has 1 unspecified atom stereocenters. The first-order valence-corrected chi connectivity index (χ1v) is 9.82. The number of halogens is 1. The lowest BCUT2D eigenvalue weighted by atomic mass is 10.2. The summed E-state index contributed by atoms with van der Waals surface area (Å²) in [7, 11) is 4.03. The van der Waals surface area contributed by atoms with Gasteiger partial charge in [-0.25, -0.2) is 0 Å². The van der Waals surface area contributed by atoms with Crippen molar-refractivity contribution >= 4 is 29.9 Å². The number of piperazine rings is 1. The summed E-state index contributed by atoms with van der Waals surface area (Å²) < 4.78 is 11.1. The standard InChI is InChI=1S/C18H37N5O2.HI/c1-19-18(21-8-5-14-25-17-6-15-24-16-17)20-7-3-4-9-23-12-10-22(2)11-13-23;/h17H,3-16H2,1-2H3,(H2,19,20,21);1H. The maximum absolute atomic E-state index is 5.76. The molecule has 0 saturated carbocycles. The molecule has 2 aliphatic rings. The molecule has 2 aliphatic heterocycles. The second-order valence-electron chi connectivity index (χ2n) is 6.99. The van der Waals surface area contributed by atoms with E-state index in [1.807, 2.05) is 7.05 Å². The van der Waals surface area contributed by atoms with E-state index in [1.165, 1.54) is 45.6 Å². The summed E-state index contributed by atoms with van der Waals surface area (Å²) in [5.74, 6) is 0.892. The van der Waals surface area contributed by atoms with Gasteiger partial charge < -0.3 is 29.9 Å². The molecule has 0 radical (unpaired) electrons. The van der Waals surface area contributed by atoms with Gasteiger partial charge in [0.25, 0.3) is 0 Å². The van der Waals surface area contributed by atoms with E-state index >= 15 is 0 Å². The van der Waals surface area contributed by atoms with Gasteiger partial charge in [-0.05, 0) is 39.3 Å². The number of nitrogens with one attached hydrogen (secondary N) is 2. The first-order valence-electron chi connectivity index (χ1n) is 9.82. The van der Waals surface area contributed by atoms with Gasteiger partial charge in [0.15, 0.2) is 5.96 Å². The molecule has 1 atom stereocenters. The highest BCUT2D eigenvalue weighted by atomic mass is 127. The maximum Gasteiger partial charge on any atom is 0.190 e. The van der Waals surface area contributed by atoms with E-state index in [9.17, 15) is 0 Å². The number of ether oxygens (including phenoxy) is 2. The molecule has 2 rings (SSSR count). The van der Waals surface area contributed by atoms with Gasteiger partial charge in [-0.2, -0.15) is 0 Å². The Hall–Kier alpha value is -0.160. The van der Waals surface area contributed by atoms with Crippen molar-refractivity contribution in [3.63, 3.8) is 0 Å². The fraction of sp³-hybridized carbons (Fsp3) is 0.944. The molecule has 26 heavy (non-hydrogen) atoms. The Kier molecular flexibility index (Phi) is 13.6. The fourth-order valence-corrected chi connectivity index (χ4v) is 3.13. The van der Waals surface area contributed by atoms with Crippen molar-refractivity contribution in [3.8, 4) is 0 Å². The van der Waals surface area contributed by atoms with Gasteiger partial charge >= 0.3 is 0 Å². The highest BCUT2D eigenvalue weighted by Gasteiger charge is 2.15. The van der Waals surface area contributed by atoms with Crippen molar-refractivity contribution in [2.45, 2.75) is 31.8 Å². The molecule has 0 aromatic heterocycles. The van der Waals surface area contributed by atoms with Crippen molar-refractivity contribution < 1.29 is 9.47 Å². The minimum absolute atomic E-state index is 0. The zero-order valence-corrected chi connectivity index (χ0v) is 18.9. The molecule has 0 aromatic carbocycles. The lowest BCUT2D eigenvalue weighted by Crippen LogP contribution is -2.44. The van der Waals surface area contributed by atoms with Crippen LogP contribution < -0.4 is 10.6 Å². The number of guanidine groups is 1. The van der Waals surface area contributed by atoms with Gasteiger partial charge in [0.2, 0.25) is 0 Å². The van der Waals surface area contributed by atoms with Crippen molar-refractivity contribution in [1.29, 1.82) is 0 Å². The van der Waals surface area contributed by atoms with Gasteiger partial charge in [0.05, 0.1) is 12.7 Å². The smallest absolute Gasteiger partial charge is 0.190 e. The number of hydrogen-bond donors (Lipinski definition) is 2. The number of rotatable bonds is 10. The molecule has 7 nitrogen and oxygen atoms in total. The predicted octanol–water partition coefficient (Wildman–Crippen LogP) is 0.993. The van der Waals surface area contributed by atoms with Crippen LogP contribution in [0.25, 0.3) is 0 Å². The average molecular weight is 483 g/mol. The summed E-state index contributed by atoms with van der Waals surface area (Å²) in [4.78, 5) is 9.25. The lowest BCUT2D eigenvalue weighted by molar-refractivity contribution is 0.0420. The zero-order chi connectivity index (χ0) is 17.7. The van der Waals surface area contributed by atoms with Crippen LogP contribution in [0.4, 0.5) is 0 Å². The Labute approximate surface area is 176 Å². The zero-order valence-electron chi connectivity index (χ0n) is 16.5. The lowest BCUT2D eigenvalue weighted by Gasteiger charge is -2.32. The number of nitrogens with zero attached hydrogens (tertiary/aromatic N) is 3. The average Bonchev–Trinajstić information content (AvgIpc) is 3.14. The predicted molar refractivity (Wildman–Crippen MR) is 118 cm³/mol. The summed E-state index contributed by atoms with van der Waals surface area (Å²) in [6.07, 6.45) is 4.74. The summed E-state index contributed by atoms with van der Waals surface area (Å²) in [6, 6.07) is 0. The Morgan fingerprint density at radius 1 is 1.12 bits per heavy atom. The highest BCUT2D eigenvalue weighted by Crippen LogP contribution is 2.07. The summed E-state index contributed by atoms with van der Waals surface area (Å²) >= 11 is 0. The monoisotopic (exact) mass is 483 g/mol. The van der Waals surface area contributed by atoms with Crippen LogP contribution in [0.1, 0.15) is 25.7 Å². The molecule has 154 valence electrons. The maximum atomic E-state index is 5.76. The molecule has 2 heterocycles. The van der Waals surface area contributed by atoms with E-state index in [4.69, 9.17) is 9.47 Å². The van der Waals surface area contributed by atoms with Gasteiger partial charge in [0.1, 0.15) is 0 Å². The third-order valence-electron chi connectivity index (χ3n) is 4.87. The highest BCUT2D eigenvalue weighted by molar-refractivity contribution is 14.0. The molecular weight excluding hydrogens is 445 g/mol. The second-order valence-corrected chi connectivity index (χ2v) is 6.99. The molecule has 8 heteroatoms. The summed E-state index contributed by atoms with van der Waals surface area (Å²) in [5.41, 5.74) is 0. The molecule has 0 spiro atoms. The normalized spacial score (nSPS) is 22.2. The first kappa shape index (κ1) is 23.9. The molecule has 2 N–H and O–H groups in total. The van der Waals surface area contributed by atoms with Crippen LogP contribution in [0.15, 0.2) is 4.99 Å². The minimum Gasteiger partial charge on any atom is -0.379 e. The number of unbranched alkanes of at least 4 members (excludes halogenated alkanes) is 1. The van der Waals surface area contributed by atoms with Crippen LogP contribution in [0.3, 0.4) is 0 Å². The van der Waals surface area contributed by atoms with Gasteiger partial charge in [-0.1, -0.05) is 0 Å². The van der Waals surface area contributed by atoms with Gasteiger partial charge in [-0.15, -0.1) is 24.0 Å². The molecule has 0 aromatic rings. The molecule has 2 fully saturated rings. The fourth-order valence-electron chi connectivity index (χ4n) is 3.13. The van der Waals surface area contributed by atoms with Gasteiger partial charge in [0, 0.05) is 59.5 Å². The Morgan fingerprint density at radius 2 is 1.85 bits per heavy atom. The van der Waals surface area contributed by atoms with Crippen LogP contribution in [0.5, 0.6) is 0 Å². The number of aliphatic imine (C=N–C) groups is 1. The van der Waals surface area contributed by atoms with Crippen LogP contribution in [0.2, 0.25) is 0 Å². The van der Waals surface area contributed by atoms with Crippen LogP contribution in [-0.2, 0) is 9.47 Å². The quantitative estimate of drug-likeness (QED) is 0.209. The Bertz CT molecular complexity index is 373. The molecule has 0 aliphatic carbocycles.